The van der Waals surface area contributed by atoms with E-state index in [1.54, 1.807) is 0 Å². The average Bonchev–Trinajstić information content (AvgIpc) is 2.24. The zero-order chi connectivity index (χ0) is 20.3. The molecule has 0 saturated heterocycles. The number of aliphatic hydroxyl groups is 2. The van der Waals surface area contributed by atoms with Crippen molar-refractivity contribution < 1.29 is 69.1 Å². The van der Waals surface area contributed by atoms with Gasteiger partial charge in [0.05, 0.1) is 12.8 Å². The fourth-order valence-corrected chi connectivity index (χ4v) is 0.714. The number of aliphatic carboxylic acids is 4. The highest BCUT2D eigenvalue weighted by atomic mass is 35.5. The van der Waals surface area contributed by atoms with E-state index < -0.39 is 56.2 Å². The van der Waals surface area contributed by atoms with E-state index in [9.17, 15) is 19.2 Å². The van der Waals surface area contributed by atoms with Gasteiger partial charge in [0.15, 0.2) is 5.60 Å². The lowest BCUT2D eigenvalue weighted by Gasteiger charge is -2.18. The standard InChI is InChI=1S/C6H8O7.C3H6O3.ClH.H3O4P/c7-3(8)1-6(13,5(11)12)2-4(9)10;1-2(4)3(5)6;;1-5(2,3)4/h13H,1-2H2,(H,7,8)(H,9,10)(H,11,12);2,4H,1H3,(H,5,6);1H;(H3,1,2,3,4). The Morgan fingerprint density at radius 1 is 0.920 bits per heavy atom. The number of hydrogen-bond acceptors (Lipinski definition) is 7. The molecule has 0 aliphatic heterocycles. The maximum atomic E-state index is 10.3. The van der Waals surface area contributed by atoms with Gasteiger partial charge in [-0.25, -0.2) is 14.2 Å². The fourth-order valence-electron chi connectivity index (χ4n) is 0.714. The predicted molar refractivity (Wildman–Crippen MR) is 77.9 cm³/mol. The van der Waals surface area contributed by atoms with Crippen LogP contribution in [-0.2, 0) is 23.7 Å². The first-order chi connectivity index (χ1) is 10.4. The van der Waals surface area contributed by atoms with Gasteiger partial charge in [0.1, 0.15) is 6.10 Å². The topological polar surface area (TPSA) is 267 Å². The lowest BCUT2D eigenvalue weighted by atomic mass is 9.96. The Labute approximate surface area is 145 Å². The lowest BCUT2D eigenvalue weighted by Crippen LogP contribution is -2.42. The van der Waals surface area contributed by atoms with E-state index in [2.05, 4.69) is 0 Å². The molecule has 1 unspecified atom stereocenters. The summed E-state index contributed by atoms with van der Waals surface area (Å²) in [4.78, 5) is 61.5. The van der Waals surface area contributed by atoms with Gasteiger partial charge < -0.3 is 45.3 Å². The minimum atomic E-state index is -4.64. The number of aliphatic hydroxyl groups excluding tert-OH is 1. The second-order valence-electron chi connectivity index (χ2n) is 4.01. The summed E-state index contributed by atoms with van der Waals surface area (Å²) in [6.07, 6.45) is -3.52. The van der Waals surface area contributed by atoms with Gasteiger partial charge in [0, 0.05) is 0 Å². The van der Waals surface area contributed by atoms with Crippen molar-refractivity contribution in [2.24, 2.45) is 0 Å². The summed E-state index contributed by atoms with van der Waals surface area (Å²) in [5.74, 6) is -6.20. The summed E-state index contributed by atoms with van der Waals surface area (Å²) in [7, 11) is -4.64. The number of phosphoric acid groups is 1. The molecule has 0 rings (SSSR count). The average molecular weight is 417 g/mol. The predicted octanol–water partition coefficient (Wildman–Crippen LogP) is -2.30. The maximum Gasteiger partial charge on any atom is 0.466 e. The molecule has 14 nitrogen and oxygen atoms in total. The van der Waals surface area contributed by atoms with Gasteiger partial charge in [-0.1, -0.05) is 0 Å². The summed E-state index contributed by atoms with van der Waals surface area (Å²) < 4.78 is 8.88. The van der Waals surface area contributed by atoms with Crippen LogP contribution in [0.25, 0.3) is 0 Å². The molecule has 16 heteroatoms. The van der Waals surface area contributed by atoms with Crippen LogP contribution in [0.5, 0.6) is 0 Å². The highest BCUT2D eigenvalue weighted by molar-refractivity contribution is 7.45. The summed E-state index contributed by atoms with van der Waals surface area (Å²) in [6.45, 7) is 1.20. The van der Waals surface area contributed by atoms with Crippen molar-refractivity contribution in [3.05, 3.63) is 0 Å². The monoisotopic (exact) mass is 416 g/mol. The Bertz CT molecular complexity index is 472. The molecule has 25 heavy (non-hydrogen) atoms. The second-order valence-corrected chi connectivity index (χ2v) is 5.03. The Balaban J connectivity index is -0.000000154. The normalized spacial score (nSPS) is 11.3. The molecule has 0 spiro atoms. The summed E-state index contributed by atoms with van der Waals surface area (Å²) in [6, 6.07) is 0. The van der Waals surface area contributed by atoms with E-state index in [4.69, 9.17) is 49.9 Å². The van der Waals surface area contributed by atoms with Gasteiger partial charge in [-0.05, 0) is 6.92 Å². The van der Waals surface area contributed by atoms with Crippen LogP contribution >= 0.6 is 20.2 Å². The second kappa shape index (κ2) is 13.5. The third kappa shape index (κ3) is 27.3. The minimum absolute atomic E-state index is 0. The van der Waals surface area contributed by atoms with Gasteiger partial charge in [-0.2, -0.15) is 0 Å². The molecule has 0 aromatic heterocycles. The Kier molecular flexibility index (Phi) is 16.7. The molecular weight excluding hydrogens is 399 g/mol. The molecule has 0 aromatic rings. The first kappa shape index (κ1) is 31.0. The molecule has 0 fully saturated rings. The number of halogens is 1. The molecule has 0 heterocycles. The smallest absolute Gasteiger partial charge is 0.466 e. The summed E-state index contributed by atoms with van der Waals surface area (Å²) >= 11 is 0. The van der Waals surface area contributed by atoms with Gasteiger partial charge >= 0.3 is 31.7 Å². The zero-order valence-electron chi connectivity index (χ0n) is 12.4. The molecule has 0 saturated carbocycles. The minimum Gasteiger partial charge on any atom is -0.481 e. The first-order valence-corrected chi connectivity index (χ1v) is 7.07. The van der Waals surface area contributed by atoms with Crippen molar-refractivity contribution in [2.45, 2.75) is 31.5 Å². The largest absolute Gasteiger partial charge is 0.481 e. The van der Waals surface area contributed by atoms with Crippen LogP contribution in [0.2, 0.25) is 0 Å². The van der Waals surface area contributed by atoms with E-state index in [0.29, 0.717) is 0 Å². The van der Waals surface area contributed by atoms with Crippen LogP contribution in [0.15, 0.2) is 0 Å². The zero-order valence-corrected chi connectivity index (χ0v) is 14.1. The Morgan fingerprint density at radius 2 is 1.12 bits per heavy atom. The van der Waals surface area contributed by atoms with Crippen LogP contribution in [0.4, 0.5) is 0 Å². The van der Waals surface area contributed by atoms with Gasteiger partial charge in [0.25, 0.3) is 0 Å². The number of hydrogen-bond donors (Lipinski definition) is 9. The van der Waals surface area contributed by atoms with Crippen LogP contribution in [0, 0.1) is 0 Å². The fraction of sp³-hybridized carbons (Fsp3) is 0.556. The van der Waals surface area contributed by atoms with Crippen molar-refractivity contribution in [1.82, 2.24) is 0 Å². The molecule has 0 radical (unpaired) electrons. The van der Waals surface area contributed by atoms with E-state index in [0.717, 1.165) is 0 Å². The molecule has 0 aromatic carbocycles. The summed E-state index contributed by atoms with van der Waals surface area (Å²) in [5, 5.41) is 49.6. The van der Waals surface area contributed by atoms with Crippen molar-refractivity contribution in [3.63, 3.8) is 0 Å². The number of rotatable bonds is 6. The van der Waals surface area contributed by atoms with Crippen molar-refractivity contribution >= 4 is 44.1 Å². The number of carboxylic acid groups (broad SMARTS) is 4. The van der Waals surface area contributed by atoms with Crippen molar-refractivity contribution in [1.29, 1.82) is 0 Å². The van der Waals surface area contributed by atoms with Gasteiger partial charge in [0.2, 0.25) is 0 Å². The summed E-state index contributed by atoms with van der Waals surface area (Å²) in [5.41, 5.74) is -2.74. The Hall–Kier alpha value is -1.80. The SMILES string of the molecule is CC(O)C(=O)O.Cl.O=C(O)CC(O)(CC(=O)O)C(=O)O.O=P(O)(O)O. The molecule has 0 aliphatic rings. The van der Waals surface area contributed by atoms with Crippen LogP contribution in [0.3, 0.4) is 0 Å². The molecule has 0 bridgehead atoms. The molecule has 0 amide bonds. The maximum absolute atomic E-state index is 10.3. The quantitative estimate of drug-likeness (QED) is 0.206. The van der Waals surface area contributed by atoms with Crippen LogP contribution in [-0.4, -0.2) is 80.9 Å². The third-order valence-corrected chi connectivity index (χ3v) is 1.64. The van der Waals surface area contributed by atoms with E-state index in [1.807, 2.05) is 0 Å². The van der Waals surface area contributed by atoms with E-state index >= 15 is 0 Å². The van der Waals surface area contributed by atoms with Crippen molar-refractivity contribution in [2.75, 3.05) is 0 Å². The van der Waals surface area contributed by atoms with Gasteiger partial charge in [-0.3, -0.25) is 9.59 Å². The van der Waals surface area contributed by atoms with Crippen LogP contribution < -0.4 is 0 Å². The van der Waals surface area contributed by atoms with E-state index in [-0.39, 0.29) is 12.4 Å². The molecule has 150 valence electrons. The molecular formula is C9H18ClO14P. The highest BCUT2D eigenvalue weighted by Crippen LogP contribution is 2.25. The molecule has 0 aliphatic carbocycles. The van der Waals surface area contributed by atoms with Crippen molar-refractivity contribution in [3.8, 4) is 0 Å². The molecule has 1 atom stereocenters. The Morgan fingerprint density at radius 3 is 1.20 bits per heavy atom. The third-order valence-electron chi connectivity index (χ3n) is 1.64. The highest BCUT2D eigenvalue weighted by Gasteiger charge is 2.40. The first-order valence-electron chi connectivity index (χ1n) is 5.51. The molecule has 9 N–H and O–H groups in total. The van der Waals surface area contributed by atoms with Crippen LogP contribution in [0.1, 0.15) is 19.8 Å². The van der Waals surface area contributed by atoms with E-state index in [1.165, 1.54) is 6.92 Å². The van der Waals surface area contributed by atoms with Gasteiger partial charge in [-0.15, -0.1) is 12.4 Å². The number of carboxylic acids is 4. The lowest BCUT2D eigenvalue weighted by molar-refractivity contribution is -0.170. The number of carbonyl (C=O) groups is 4.